The van der Waals surface area contributed by atoms with Gasteiger partial charge in [-0.05, 0) is 31.7 Å². The van der Waals surface area contributed by atoms with Crippen molar-refractivity contribution in [3.8, 4) is 0 Å². The van der Waals surface area contributed by atoms with Crippen LogP contribution in [-0.2, 0) is 4.74 Å². The van der Waals surface area contributed by atoms with Crippen LogP contribution in [0, 0.1) is 15.9 Å². The van der Waals surface area contributed by atoms with Gasteiger partial charge in [0.2, 0.25) is 0 Å². The average Bonchev–Trinajstić information content (AvgIpc) is 3.16. The molecule has 2 aliphatic heterocycles. The van der Waals surface area contributed by atoms with Crippen molar-refractivity contribution in [3.63, 3.8) is 0 Å². The number of rotatable bonds is 3. The summed E-state index contributed by atoms with van der Waals surface area (Å²) in [6.07, 6.45) is 3.63. The van der Waals surface area contributed by atoms with Gasteiger partial charge in [-0.15, -0.1) is 0 Å². The Morgan fingerprint density at radius 3 is 2.82 bits per heavy atom. The van der Waals surface area contributed by atoms with Crippen LogP contribution in [0.5, 0.6) is 0 Å². The third kappa shape index (κ3) is 2.68. The van der Waals surface area contributed by atoms with Gasteiger partial charge in [-0.1, -0.05) is 0 Å². The Bertz CT molecular complexity index is 601. The Hall–Kier alpha value is -2.02. The lowest BCUT2D eigenvalue weighted by Gasteiger charge is -2.29. The molecule has 0 bridgehead atoms. The highest BCUT2D eigenvalue weighted by atomic mass is 19.1. The topological polar surface area (TPSA) is 72.7 Å². The summed E-state index contributed by atoms with van der Waals surface area (Å²) in [5, 5.41) is 10.6. The third-order valence-corrected chi connectivity index (χ3v) is 4.35. The number of ether oxygens (including phenoxy) is 1. The van der Waals surface area contributed by atoms with Crippen LogP contribution in [0.3, 0.4) is 0 Å². The monoisotopic (exact) mass is 308 g/mol. The summed E-state index contributed by atoms with van der Waals surface area (Å²) in [5.74, 6) is -1.26. The molecule has 7 heteroatoms. The van der Waals surface area contributed by atoms with Crippen molar-refractivity contribution in [3.05, 3.63) is 39.7 Å². The molecule has 2 heterocycles. The van der Waals surface area contributed by atoms with Crippen molar-refractivity contribution in [2.24, 2.45) is 0 Å². The molecule has 0 radical (unpaired) electrons. The first kappa shape index (κ1) is 14.9. The molecule has 0 saturated carbocycles. The zero-order valence-corrected chi connectivity index (χ0v) is 12.0. The van der Waals surface area contributed by atoms with E-state index in [0.29, 0.717) is 13.2 Å². The van der Waals surface area contributed by atoms with Crippen molar-refractivity contribution in [1.82, 2.24) is 4.90 Å². The number of carbonyl (C=O) groups is 1. The fourth-order valence-corrected chi connectivity index (χ4v) is 3.28. The Labute approximate surface area is 127 Å². The van der Waals surface area contributed by atoms with Crippen LogP contribution in [0.4, 0.5) is 10.1 Å². The summed E-state index contributed by atoms with van der Waals surface area (Å²) in [6.45, 7) is 1.27. The molecule has 0 aliphatic carbocycles. The number of likely N-dealkylation sites (tertiary alicyclic amines) is 1. The largest absolute Gasteiger partial charge is 0.376 e. The van der Waals surface area contributed by atoms with Crippen molar-refractivity contribution in [1.29, 1.82) is 0 Å². The lowest BCUT2D eigenvalue weighted by Crippen LogP contribution is -2.42. The predicted octanol–water partition coefficient (Wildman–Crippen LogP) is 2.52. The summed E-state index contributed by atoms with van der Waals surface area (Å²) in [5.41, 5.74) is -0.471. The molecule has 0 unspecified atom stereocenters. The standard InChI is InChI=1S/C15H17FN2O4/c16-12-9-10(18(20)21)5-6-11(12)15(19)17-7-1-3-13(17)14-4-2-8-22-14/h5-6,9,13-14H,1-4,7-8H2/t13-,14+/m1/s1. The van der Waals surface area contributed by atoms with Gasteiger partial charge in [-0.3, -0.25) is 14.9 Å². The number of amides is 1. The van der Waals surface area contributed by atoms with Gasteiger partial charge < -0.3 is 9.64 Å². The quantitative estimate of drug-likeness (QED) is 0.635. The smallest absolute Gasteiger partial charge is 0.272 e. The van der Waals surface area contributed by atoms with Gasteiger partial charge in [0, 0.05) is 19.2 Å². The van der Waals surface area contributed by atoms with Gasteiger partial charge in [0.05, 0.1) is 28.7 Å². The van der Waals surface area contributed by atoms with E-state index in [1.807, 2.05) is 0 Å². The first-order valence-corrected chi connectivity index (χ1v) is 7.44. The van der Waals surface area contributed by atoms with Crippen LogP contribution in [0.15, 0.2) is 18.2 Å². The number of benzene rings is 1. The molecule has 22 heavy (non-hydrogen) atoms. The normalized spacial score (nSPS) is 24.7. The molecule has 3 rings (SSSR count). The molecule has 1 amide bonds. The second kappa shape index (κ2) is 6.00. The van der Waals surface area contributed by atoms with E-state index < -0.39 is 16.6 Å². The highest BCUT2D eigenvalue weighted by Crippen LogP contribution is 2.30. The number of nitro benzene ring substituents is 1. The fraction of sp³-hybridized carbons (Fsp3) is 0.533. The molecular formula is C15H17FN2O4. The number of non-ortho nitro benzene ring substituents is 1. The zero-order valence-electron chi connectivity index (χ0n) is 12.0. The summed E-state index contributed by atoms with van der Waals surface area (Å²) in [4.78, 5) is 24.2. The van der Waals surface area contributed by atoms with Crippen molar-refractivity contribution >= 4 is 11.6 Å². The number of nitrogens with zero attached hydrogens (tertiary/aromatic N) is 2. The lowest BCUT2D eigenvalue weighted by atomic mass is 10.0. The van der Waals surface area contributed by atoms with E-state index in [4.69, 9.17) is 4.74 Å². The van der Waals surface area contributed by atoms with E-state index in [0.717, 1.165) is 37.8 Å². The summed E-state index contributed by atoms with van der Waals surface area (Å²) in [6, 6.07) is 3.13. The van der Waals surface area contributed by atoms with Gasteiger partial charge in [-0.25, -0.2) is 4.39 Å². The first-order valence-electron chi connectivity index (χ1n) is 7.44. The van der Waals surface area contributed by atoms with Crippen LogP contribution >= 0.6 is 0 Å². The molecule has 2 atom stereocenters. The van der Waals surface area contributed by atoms with E-state index in [-0.39, 0.29) is 23.4 Å². The van der Waals surface area contributed by atoms with E-state index in [9.17, 15) is 19.3 Å². The molecule has 0 spiro atoms. The molecule has 1 aromatic carbocycles. The molecule has 2 fully saturated rings. The average molecular weight is 308 g/mol. The summed E-state index contributed by atoms with van der Waals surface area (Å²) in [7, 11) is 0. The van der Waals surface area contributed by atoms with Gasteiger partial charge >= 0.3 is 0 Å². The molecule has 118 valence electrons. The molecule has 0 aromatic heterocycles. The zero-order chi connectivity index (χ0) is 15.7. The number of halogens is 1. The van der Waals surface area contributed by atoms with Gasteiger partial charge in [-0.2, -0.15) is 0 Å². The maximum absolute atomic E-state index is 14.0. The van der Waals surface area contributed by atoms with E-state index in [1.165, 1.54) is 6.07 Å². The van der Waals surface area contributed by atoms with Gasteiger partial charge in [0.25, 0.3) is 11.6 Å². The summed E-state index contributed by atoms with van der Waals surface area (Å²) < 4.78 is 19.7. The molecule has 6 nitrogen and oxygen atoms in total. The maximum Gasteiger partial charge on any atom is 0.272 e. The highest BCUT2D eigenvalue weighted by Gasteiger charge is 2.37. The minimum atomic E-state index is -0.850. The van der Waals surface area contributed by atoms with Crippen LogP contribution in [-0.4, -0.2) is 41.0 Å². The summed E-state index contributed by atoms with van der Waals surface area (Å²) >= 11 is 0. The lowest BCUT2D eigenvalue weighted by molar-refractivity contribution is -0.385. The second-order valence-corrected chi connectivity index (χ2v) is 5.68. The van der Waals surface area contributed by atoms with Crippen molar-refractivity contribution in [2.45, 2.75) is 37.8 Å². The van der Waals surface area contributed by atoms with E-state index >= 15 is 0 Å². The molecule has 2 saturated heterocycles. The van der Waals surface area contributed by atoms with Crippen LogP contribution < -0.4 is 0 Å². The minimum Gasteiger partial charge on any atom is -0.376 e. The SMILES string of the molecule is O=C(c1ccc([N+](=O)[O-])cc1F)N1CCC[C@@H]1[C@@H]1CCCO1. The predicted molar refractivity (Wildman–Crippen MR) is 76.1 cm³/mol. The number of hydrogen-bond donors (Lipinski definition) is 0. The van der Waals surface area contributed by atoms with Gasteiger partial charge in [0.1, 0.15) is 5.82 Å². The first-order chi connectivity index (χ1) is 10.6. The van der Waals surface area contributed by atoms with Crippen LogP contribution in [0.25, 0.3) is 0 Å². The van der Waals surface area contributed by atoms with Crippen molar-refractivity contribution < 1.29 is 18.8 Å². The highest BCUT2D eigenvalue weighted by molar-refractivity contribution is 5.95. The van der Waals surface area contributed by atoms with E-state index in [2.05, 4.69) is 0 Å². The Morgan fingerprint density at radius 1 is 1.36 bits per heavy atom. The molecular weight excluding hydrogens is 291 g/mol. The second-order valence-electron chi connectivity index (χ2n) is 5.68. The number of hydrogen-bond acceptors (Lipinski definition) is 4. The maximum atomic E-state index is 14.0. The molecule has 0 N–H and O–H groups in total. The Balaban J connectivity index is 1.82. The van der Waals surface area contributed by atoms with Crippen LogP contribution in [0.2, 0.25) is 0 Å². The van der Waals surface area contributed by atoms with Gasteiger partial charge in [0.15, 0.2) is 0 Å². The number of nitro groups is 1. The minimum absolute atomic E-state index is 0.0209. The third-order valence-electron chi connectivity index (χ3n) is 4.35. The Kier molecular flexibility index (Phi) is 4.06. The number of carbonyl (C=O) groups excluding carboxylic acids is 1. The fourth-order valence-electron chi connectivity index (χ4n) is 3.28. The molecule has 2 aliphatic rings. The van der Waals surface area contributed by atoms with Crippen molar-refractivity contribution in [2.75, 3.05) is 13.2 Å². The van der Waals surface area contributed by atoms with E-state index in [1.54, 1.807) is 4.90 Å². The Morgan fingerprint density at radius 2 is 2.18 bits per heavy atom. The van der Waals surface area contributed by atoms with Crippen LogP contribution in [0.1, 0.15) is 36.0 Å². The molecule has 1 aromatic rings.